The van der Waals surface area contributed by atoms with Gasteiger partial charge in [0.25, 0.3) is 12.0 Å². The van der Waals surface area contributed by atoms with Gasteiger partial charge >= 0.3 is 0 Å². The van der Waals surface area contributed by atoms with Gasteiger partial charge < -0.3 is 10.3 Å². The van der Waals surface area contributed by atoms with E-state index in [1.807, 2.05) is 0 Å². The topological polar surface area (TPSA) is 79.8 Å². The fraction of sp³-hybridized carbons (Fsp3) is 0.188. The summed E-state index contributed by atoms with van der Waals surface area (Å²) in [6.45, 7) is -0.119. The maximum absolute atomic E-state index is 14.1. The van der Waals surface area contributed by atoms with Gasteiger partial charge in [-0.25, -0.2) is 17.9 Å². The summed E-state index contributed by atoms with van der Waals surface area (Å²) in [4.78, 5) is 25.9. The number of nitrogens with zero attached hydrogens (tertiary/aromatic N) is 2. The molecule has 130 valence electrons. The Balaban J connectivity index is 2.00. The Labute approximate surface area is 138 Å². The van der Waals surface area contributed by atoms with Crippen molar-refractivity contribution >= 4 is 16.6 Å². The Morgan fingerprint density at radius 3 is 2.76 bits per heavy atom. The lowest BCUT2D eigenvalue weighted by molar-refractivity contribution is 0.146. The molecule has 0 aliphatic heterocycles. The van der Waals surface area contributed by atoms with Crippen LogP contribution in [0.1, 0.15) is 17.6 Å². The molecule has 2 N–H and O–H groups in total. The number of aryl methyl sites for hydroxylation is 1. The minimum absolute atomic E-state index is 0.0334. The van der Waals surface area contributed by atoms with Crippen LogP contribution in [0.5, 0.6) is 0 Å². The fourth-order valence-electron chi connectivity index (χ4n) is 2.48. The van der Waals surface area contributed by atoms with Gasteiger partial charge in [-0.3, -0.25) is 9.59 Å². The van der Waals surface area contributed by atoms with Crippen molar-refractivity contribution in [3.8, 4) is 0 Å². The molecule has 0 unspecified atom stereocenters. The van der Waals surface area contributed by atoms with E-state index in [0.29, 0.717) is 5.39 Å². The van der Waals surface area contributed by atoms with Crippen LogP contribution in [0, 0.1) is 5.82 Å². The van der Waals surface area contributed by atoms with E-state index < -0.39 is 28.9 Å². The highest BCUT2D eigenvalue weighted by Gasteiger charge is 2.16. The van der Waals surface area contributed by atoms with E-state index >= 15 is 0 Å². The highest BCUT2D eigenvalue weighted by atomic mass is 19.3. The number of halogens is 3. The third-order valence-corrected chi connectivity index (χ3v) is 3.74. The summed E-state index contributed by atoms with van der Waals surface area (Å²) in [5.41, 5.74) is -1.55. The Bertz CT molecular complexity index is 1060. The highest BCUT2D eigenvalue weighted by Crippen LogP contribution is 2.25. The predicted octanol–water partition coefficient (Wildman–Crippen LogP) is 2.31. The molecule has 3 rings (SSSR count). The molecule has 0 saturated heterocycles. The maximum atomic E-state index is 14.1. The lowest BCUT2D eigenvalue weighted by atomic mass is 10.1. The number of fused-ring (bicyclic) bond motifs is 1. The number of benzene rings is 1. The number of alkyl halides is 2. The molecule has 1 aromatic carbocycles. The van der Waals surface area contributed by atoms with Crippen LogP contribution >= 0.6 is 0 Å². The largest absolute Gasteiger partial charge is 0.364 e. The number of aromatic amines is 1. The molecule has 0 bridgehead atoms. The Hall–Kier alpha value is -3.10. The number of H-pyrrole nitrogens is 1. The monoisotopic (exact) mass is 350 g/mol. The first-order chi connectivity index (χ1) is 11.9. The lowest BCUT2D eigenvalue weighted by Crippen LogP contribution is -2.23. The van der Waals surface area contributed by atoms with Gasteiger partial charge in [-0.15, -0.1) is 0 Å². The van der Waals surface area contributed by atoms with Crippen LogP contribution in [0.2, 0.25) is 0 Å². The normalized spacial score (nSPS) is 11.2. The number of nitrogens with one attached hydrogen (secondary N) is 2. The number of hydrogen-bond donors (Lipinski definition) is 2. The molecular weight excluding hydrogens is 337 g/mol. The van der Waals surface area contributed by atoms with Gasteiger partial charge in [0.1, 0.15) is 5.82 Å². The zero-order valence-electron chi connectivity index (χ0n) is 13.0. The van der Waals surface area contributed by atoms with Gasteiger partial charge in [0.05, 0.1) is 10.9 Å². The summed E-state index contributed by atoms with van der Waals surface area (Å²) < 4.78 is 40.7. The second-order valence-corrected chi connectivity index (χ2v) is 5.38. The van der Waals surface area contributed by atoms with Gasteiger partial charge in [-0.1, -0.05) is 18.2 Å². The third kappa shape index (κ3) is 3.12. The minimum atomic E-state index is -2.92. The molecule has 0 fully saturated rings. The molecule has 3 aromatic rings. The molecule has 0 saturated carbocycles. The van der Waals surface area contributed by atoms with Gasteiger partial charge in [0.15, 0.2) is 5.82 Å². The average Bonchev–Trinajstić information content (AvgIpc) is 2.57. The van der Waals surface area contributed by atoms with Gasteiger partial charge in [-0.2, -0.15) is 5.10 Å². The van der Waals surface area contributed by atoms with Crippen molar-refractivity contribution in [3.63, 3.8) is 0 Å². The quantitative estimate of drug-likeness (QED) is 0.757. The molecule has 0 amide bonds. The van der Waals surface area contributed by atoms with E-state index in [1.54, 1.807) is 0 Å². The van der Waals surface area contributed by atoms with E-state index in [0.717, 1.165) is 16.8 Å². The maximum Gasteiger partial charge on any atom is 0.274 e. The molecule has 0 aliphatic rings. The smallest absolute Gasteiger partial charge is 0.274 e. The first-order valence-corrected chi connectivity index (χ1v) is 7.27. The molecule has 0 radical (unpaired) electrons. The molecular formula is C16H13F3N4O2. The summed E-state index contributed by atoms with van der Waals surface area (Å²) >= 11 is 0. The molecule has 0 atom stereocenters. The van der Waals surface area contributed by atoms with Crippen molar-refractivity contribution in [3.05, 3.63) is 68.1 Å². The molecule has 0 spiro atoms. The molecule has 2 heterocycles. The predicted molar refractivity (Wildman–Crippen MR) is 86.3 cm³/mol. The van der Waals surface area contributed by atoms with Crippen molar-refractivity contribution < 1.29 is 13.2 Å². The number of hydrogen-bond acceptors (Lipinski definition) is 4. The van der Waals surface area contributed by atoms with Crippen LogP contribution in [0.15, 0.2) is 40.1 Å². The van der Waals surface area contributed by atoms with Gasteiger partial charge in [-0.05, 0) is 0 Å². The van der Waals surface area contributed by atoms with E-state index in [4.69, 9.17) is 0 Å². The minimum Gasteiger partial charge on any atom is -0.364 e. The zero-order chi connectivity index (χ0) is 18.1. The van der Waals surface area contributed by atoms with Crippen molar-refractivity contribution in [2.75, 3.05) is 5.32 Å². The Kier molecular flexibility index (Phi) is 4.30. The van der Waals surface area contributed by atoms with Crippen molar-refractivity contribution in [2.24, 2.45) is 7.05 Å². The summed E-state index contributed by atoms with van der Waals surface area (Å²) in [6.07, 6.45) is -1.60. The van der Waals surface area contributed by atoms with E-state index in [-0.39, 0.29) is 23.3 Å². The zero-order valence-corrected chi connectivity index (χ0v) is 13.0. The number of aromatic nitrogens is 3. The Morgan fingerprint density at radius 2 is 2.04 bits per heavy atom. The second kappa shape index (κ2) is 6.42. The summed E-state index contributed by atoms with van der Waals surface area (Å²) in [5.74, 6) is -0.775. The van der Waals surface area contributed by atoms with Crippen LogP contribution in [-0.2, 0) is 13.6 Å². The van der Waals surface area contributed by atoms with Crippen molar-refractivity contribution in [2.45, 2.75) is 13.0 Å². The summed E-state index contributed by atoms with van der Waals surface area (Å²) in [5, 5.41) is 7.34. The van der Waals surface area contributed by atoms with Crippen molar-refractivity contribution in [1.82, 2.24) is 14.8 Å². The summed E-state index contributed by atoms with van der Waals surface area (Å²) in [7, 11) is 1.41. The molecule has 25 heavy (non-hydrogen) atoms. The van der Waals surface area contributed by atoms with Crippen LogP contribution in [0.25, 0.3) is 10.8 Å². The van der Waals surface area contributed by atoms with E-state index in [2.05, 4.69) is 15.4 Å². The van der Waals surface area contributed by atoms with Crippen LogP contribution in [0.4, 0.5) is 19.0 Å². The lowest BCUT2D eigenvalue weighted by Gasteiger charge is -2.12. The molecule has 0 aliphatic carbocycles. The van der Waals surface area contributed by atoms with E-state index in [9.17, 15) is 22.8 Å². The summed E-state index contributed by atoms with van der Waals surface area (Å²) in [6, 6.07) is 4.88. The van der Waals surface area contributed by atoms with Gasteiger partial charge in [0.2, 0.25) is 5.56 Å². The van der Waals surface area contributed by atoms with Crippen LogP contribution < -0.4 is 16.4 Å². The number of pyridine rings is 1. The van der Waals surface area contributed by atoms with Gasteiger partial charge in [0, 0.05) is 36.8 Å². The second-order valence-electron chi connectivity index (χ2n) is 5.38. The standard InChI is InChI=1S/C16H13F3N4O2/c1-23-16(25)10-5-12(24)20-7-11(10)15(22-23)21-6-8-3-2-4-9(13(8)17)14(18)19/h2-5,7,14H,6H2,1H3,(H,20,24)(H,21,22). The molecule has 9 heteroatoms. The van der Waals surface area contributed by atoms with E-state index in [1.165, 1.54) is 25.4 Å². The Morgan fingerprint density at radius 1 is 1.28 bits per heavy atom. The highest BCUT2D eigenvalue weighted by molar-refractivity contribution is 5.90. The van der Waals surface area contributed by atoms with Crippen LogP contribution in [-0.4, -0.2) is 14.8 Å². The first kappa shape index (κ1) is 16.7. The number of rotatable bonds is 4. The van der Waals surface area contributed by atoms with Crippen LogP contribution in [0.3, 0.4) is 0 Å². The first-order valence-electron chi connectivity index (χ1n) is 7.27. The van der Waals surface area contributed by atoms with Crippen molar-refractivity contribution in [1.29, 1.82) is 0 Å². The third-order valence-electron chi connectivity index (χ3n) is 3.74. The molecule has 6 nitrogen and oxygen atoms in total. The number of anilines is 1. The fourth-order valence-corrected chi connectivity index (χ4v) is 2.48. The average molecular weight is 350 g/mol. The SMILES string of the molecule is Cn1nc(NCc2cccc(C(F)F)c2F)c2c[nH]c(=O)cc2c1=O. The molecule has 2 aromatic heterocycles.